The highest BCUT2D eigenvalue weighted by molar-refractivity contribution is 8.24. The predicted molar refractivity (Wildman–Crippen MR) is 75.0 cm³/mol. The van der Waals surface area contributed by atoms with Crippen molar-refractivity contribution in [2.24, 2.45) is 0 Å². The fraction of sp³-hybridized carbons (Fsp3) is 0.0833. The van der Waals surface area contributed by atoms with E-state index >= 15 is 0 Å². The number of benzene rings is 1. The third-order valence-electron chi connectivity index (χ3n) is 2.61. The maximum absolute atomic E-state index is 11.7. The molecule has 1 aliphatic heterocycles. The Morgan fingerprint density at radius 3 is 2.78 bits per heavy atom. The molecule has 0 spiro atoms. The molecule has 0 aliphatic carbocycles. The van der Waals surface area contributed by atoms with E-state index in [9.17, 15) is 9.59 Å². The van der Waals surface area contributed by atoms with E-state index in [0.29, 0.717) is 21.3 Å². The number of amides is 1. The van der Waals surface area contributed by atoms with Crippen LogP contribution in [0.1, 0.15) is 0 Å². The van der Waals surface area contributed by atoms with Gasteiger partial charge in [0.25, 0.3) is 0 Å². The van der Waals surface area contributed by atoms with E-state index in [4.69, 9.17) is 16.6 Å². The molecule has 1 saturated heterocycles. The minimum atomic E-state index is -0.390. The first kappa shape index (κ1) is 11.4. The van der Waals surface area contributed by atoms with Gasteiger partial charge < -0.3 is 4.42 Å². The molecule has 18 heavy (non-hydrogen) atoms. The Hall–Kier alpha value is -1.66. The van der Waals surface area contributed by atoms with Gasteiger partial charge in [-0.2, -0.15) is 0 Å². The smallest absolute Gasteiger partial charge is 0.336 e. The van der Waals surface area contributed by atoms with Crippen LogP contribution in [0.4, 0.5) is 5.69 Å². The molecule has 2 aromatic rings. The summed E-state index contributed by atoms with van der Waals surface area (Å²) in [5.74, 6) is 0.350. The Bertz CT molecular complexity index is 707. The van der Waals surface area contributed by atoms with Gasteiger partial charge in [-0.05, 0) is 24.3 Å². The van der Waals surface area contributed by atoms with Gasteiger partial charge in [0.1, 0.15) is 9.90 Å². The fourth-order valence-electron chi connectivity index (χ4n) is 1.80. The molecule has 0 N–H and O–H groups in total. The third-order valence-corrected chi connectivity index (χ3v) is 3.97. The molecule has 1 aliphatic rings. The van der Waals surface area contributed by atoms with Crippen molar-refractivity contribution in [2.45, 2.75) is 0 Å². The zero-order chi connectivity index (χ0) is 12.7. The number of nitrogens with zero attached hydrogens (tertiary/aromatic N) is 1. The van der Waals surface area contributed by atoms with Crippen molar-refractivity contribution in [3.63, 3.8) is 0 Å². The van der Waals surface area contributed by atoms with Gasteiger partial charge in [0.2, 0.25) is 5.91 Å². The average Bonchev–Trinajstić information content (AvgIpc) is 2.69. The molecule has 1 fully saturated rings. The van der Waals surface area contributed by atoms with Gasteiger partial charge >= 0.3 is 5.63 Å². The van der Waals surface area contributed by atoms with Crippen molar-refractivity contribution in [1.29, 1.82) is 0 Å². The molecule has 2 heterocycles. The summed E-state index contributed by atoms with van der Waals surface area (Å²) in [5, 5.41) is 0.764. The molecule has 0 saturated carbocycles. The predicted octanol–water partition coefficient (Wildman–Crippen LogP) is 2.16. The summed E-state index contributed by atoms with van der Waals surface area (Å²) in [6.07, 6.45) is 0. The number of rotatable bonds is 1. The molecule has 90 valence electrons. The van der Waals surface area contributed by atoms with Crippen LogP contribution in [0, 0.1) is 0 Å². The van der Waals surface area contributed by atoms with Crippen LogP contribution in [0.15, 0.2) is 39.5 Å². The first-order valence-corrected chi connectivity index (χ1v) is 6.58. The van der Waals surface area contributed by atoms with Crippen LogP contribution in [0.2, 0.25) is 0 Å². The maximum Gasteiger partial charge on any atom is 0.336 e. The first-order chi connectivity index (χ1) is 8.65. The van der Waals surface area contributed by atoms with Crippen LogP contribution < -0.4 is 10.5 Å². The molecule has 1 aromatic heterocycles. The Balaban J connectivity index is 2.14. The number of thioether (sulfide) groups is 1. The highest BCUT2D eigenvalue weighted by Gasteiger charge is 2.28. The molecule has 1 aromatic carbocycles. The summed E-state index contributed by atoms with van der Waals surface area (Å²) in [6, 6.07) is 8.20. The Morgan fingerprint density at radius 2 is 2.06 bits per heavy atom. The minimum Gasteiger partial charge on any atom is -0.423 e. The number of fused-ring (bicyclic) bond motifs is 1. The summed E-state index contributed by atoms with van der Waals surface area (Å²) in [5.41, 5.74) is 0.811. The van der Waals surface area contributed by atoms with Crippen LogP contribution in [0.3, 0.4) is 0 Å². The van der Waals surface area contributed by atoms with E-state index in [1.165, 1.54) is 22.7 Å². The zero-order valence-electron chi connectivity index (χ0n) is 9.08. The van der Waals surface area contributed by atoms with Crippen molar-refractivity contribution in [3.05, 3.63) is 40.8 Å². The summed E-state index contributed by atoms with van der Waals surface area (Å²) < 4.78 is 5.59. The van der Waals surface area contributed by atoms with Crippen molar-refractivity contribution < 1.29 is 9.21 Å². The van der Waals surface area contributed by atoms with E-state index in [1.807, 2.05) is 0 Å². The topological polar surface area (TPSA) is 50.5 Å². The van der Waals surface area contributed by atoms with Crippen LogP contribution >= 0.6 is 24.0 Å². The normalized spacial score (nSPS) is 15.7. The lowest BCUT2D eigenvalue weighted by Crippen LogP contribution is -2.27. The Labute approximate surface area is 112 Å². The lowest BCUT2D eigenvalue weighted by molar-refractivity contribution is -0.115. The molecular weight excluding hydrogens is 270 g/mol. The van der Waals surface area contributed by atoms with E-state index in [1.54, 1.807) is 24.3 Å². The largest absolute Gasteiger partial charge is 0.423 e. The second-order valence-corrected chi connectivity index (χ2v) is 5.37. The maximum atomic E-state index is 11.7. The minimum absolute atomic E-state index is 0.0262. The molecule has 0 unspecified atom stereocenters. The highest BCUT2D eigenvalue weighted by atomic mass is 32.2. The van der Waals surface area contributed by atoms with Crippen molar-refractivity contribution >= 4 is 50.9 Å². The third kappa shape index (κ3) is 1.83. The monoisotopic (exact) mass is 277 g/mol. The number of hydrogen-bond donors (Lipinski definition) is 0. The van der Waals surface area contributed by atoms with Crippen LogP contribution in [-0.2, 0) is 4.79 Å². The van der Waals surface area contributed by atoms with Crippen LogP contribution in [-0.4, -0.2) is 16.0 Å². The molecule has 0 atom stereocenters. The van der Waals surface area contributed by atoms with Gasteiger partial charge in [-0.25, -0.2) is 4.79 Å². The van der Waals surface area contributed by atoms with Crippen molar-refractivity contribution in [1.82, 2.24) is 0 Å². The summed E-state index contributed by atoms with van der Waals surface area (Å²) in [6.45, 7) is 0. The first-order valence-electron chi connectivity index (χ1n) is 5.19. The lowest BCUT2D eigenvalue weighted by Gasteiger charge is -2.15. The second-order valence-electron chi connectivity index (χ2n) is 3.76. The molecular formula is C12H7NO3S2. The van der Waals surface area contributed by atoms with Gasteiger partial charge in [-0.15, -0.1) is 0 Å². The lowest BCUT2D eigenvalue weighted by atomic mass is 10.2. The van der Waals surface area contributed by atoms with Crippen molar-refractivity contribution in [2.75, 3.05) is 10.7 Å². The molecule has 0 bridgehead atoms. The summed E-state index contributed by atoms with van der Waals surface area (Å²) in [7, 11) is 0. The van der Waals surface area contributed by atoms with Gasteiger partial charge in [0.15, 0.2) is 0 Å². The summed E-state index contributed by atoms with van der Waals surface area (Å²) in [4.78, 5) is 24.3. The number of thiocarbonyl (C=S) groups is 1. The average molecular weight is 277 g/mol. The summed E-state index contributed by atoms with van der Waals surface area (Å²) >= 11 is 6.49. The van der Waals surface area contributed by atoms with Gasteiger partial charge in [-0.3, -0.25) is 9.69 Å². The molecule has 6 heteroatoms. The van der Waals surface area contributed by atoms with E-state index < -0.39 is 5.63 Å². The van der Waals surface area contributed by atoms with Crippen LogP contribution in [0.25, 0.3) is 11.0 Å². The molecule has 0 radical (unpaired) electrons. The Morgan fingerprint density at radius 1 is 1.22 bits per heavy atom. The highest BCUT2D eigenvalue weighted by Crippen LogP contribution is 2.28. The van der Waals surface area contributed by atoms with E-state index in [2.05, 4.69) is 0 Å². The molecule has 1 amide bonds. The Kier molecular flexibility index (Phi) is 2.68. The number of carbonyl (C=O) groups excluding carboxylic acids is 1. The van der Waals surface area contributed by atoms with Gasteiger partial charge in [0, 0.05) is 11.5 Å². The SMILES string of the molecule is O=C1CSC(=S)N1c1ccc2oc(=O)ccc2c1. The number of anilines is 1. The standard InChI is InChI=1S/C12H7NO3S2/c14-10-6-18-12(17)13(10)8-2-3-9-7(5-8)1-4-11(15)16-9/h1-5H,6H2. The second kappa shape index (κ2) is 4.22. The quantitative estimate of drug-likeness (QED) is 0.590. The molecule has 4 nitrogen and oxygen atoms in total. The number of carbonyl (C=O) groups is 1. The van der Waals surface area contributed by atoms with E-state index in [0.717, 1.165) is 5.39 Å². The van der Waals surface area contributed by atoms with E-state index in [-0.39, 0.29) is 5.91 Å². The van der Waals surface area contributed by atoms with Gasteiger partial charge in [-0.1, -0.05) is 24.0 Å². The zero-order valence-corrected chi connectivity index (χ0v) is 10.7. The van der Waals surface area contributed by atoms with Gasteiger partial charge in [0.05, 0.1) is 11.4 Å². The fourth-order valence-corrected chi connectivity index (χ4v) is 2.90. The van der Waals surface area contributed by atoms with Crippen LogP contribution in [0.5, 0.6) is 0 Å². The number of hydrogen-bond acceptors (Lipinski definition) is 5. The molecule has 3 rings (SSSR count). The van der Waals surface area contributed by atoms with Crippen molar-refractivity contribution in [3.8, 4) is 0 Å².